The smallest absolute Gasteiger partial charge is 0.314 e. The molecule has 0 saturated carbocycles. The molecule has 0 aliphatic carbocycles. The molecule has 0 spiro atoms. The summed E-state index contributed by atoms with van der Waals surface area (Å²) >= 11 is 5.84. The van der Waals surface area contributed by atoms with Gasteiger partial charge in [0.2, 0.25) is 0 Å². The fraction of sp³-hybridized carbons (Fsp3) is 0.222. The monoisotopic (exact) mass is 375 g/mol. The number of nitrogens with one attached hydrogen (secondary N) is 2. The topological polar surface area (TPSA) is 90.9 Å². The summed E-state index contributed by atoms with van der Waals surface area (Å²) in [4.78, 5) is 26.5. The van der Waals surface area contributed by atoms with E-state index in [0.717, 1.165) is 5.69 Å². The molecule has 7 nitrogen and oxygen atoms in total. The van der Waals surface area contributed by atoms with Crippen LogP contribution in [-0.4, -0.2) is 43.2 Å². The Hall–Kier alpha value is -2.77. The van der Waals surface area contributed by atoms with Crippen molar-refractivity contribution in [1.29, 1.82) is 0 Å². The van der Waals surface area contributed by atoms with Gasteiger partial charge in [-0.3, -0.25) is 9.59 Å². The summed E-state index contributed by atoms with van der Waals surface area (Å²) in [5.41, 5.74) is 1.42. The SMILES string of the molecule is O=C(Nc1cc(Cl)ccc1O)C(=O)Nc1ccccc1N1CCOCC1. The molecule has 3 rings (SSSR count). The molecule has 136 valence electrons. The third-order valence-corrected chi connectivity index (χ3v) is 4.15. The Morgan fingerprint density at radius 2 is 1.65 bits per heavy atom. The fourth-order valence-electron chi connectivity index (χ4n) is 2.63. The normalized spacial score (nSPS) is 14.0. The molecule has 0 aromatic heterocycles. The first-order valence-corrected chi connectivity index (χ1v) is 8.45. The minimum Gasteiger partial charge on any atom is -0.506 e. The van der Waals surface area contributed by atoms with Gasteiger partial charge in [0.1, 0.15) is 5.75 Å². The zero-order valence-electron chi connectivity index (χ0n) is 13.9. The summed E-state index contributed by atoms with van der Waals surface area (Å²) in [6.07, 6.45) is 0. The summed E-state index contributed by atoms with van der Waals surface area (Å²) in [7, 11) is 0. The average molecular weight is 376 g/mol. The first kappa shape index (κ1) is 18.0. The molecule has 2 aromatic carbocycles. The second-order valence-electron chi connectivity index (χ2n) is 5.69. The Kier molecular flexibility index (Phi) is 5.60. The van der Waals surface area contributed by atoms with Crippen LogP contribution in [0.25, 0.3) is 0 Å². The quantitative estimate of drug-likeness (QED) is 0.566. The number of hydrogen-bond acceptors (Lipinski definition) is 5. The number of halogens is 1. The van der Waals surface area contributed by atoms with Gasteiger partial charge in [0, 0.05) is 18.1 Å². The lowest BCUT2D eigenvalue weighted by Gasteiger charge is -2.30. The third kappa shape index (κ3) is 4.25. The van der Waals surface area contributed by atoms with Crippen molar-refractivity contribution < 1.29 is 19.4 Å². The van der Waals surface area contributed by atoms with Gasteiger partial charge in [0.25, 0.3) is 0 Å². The van der Waals surface area contributed by atoms with Crippen LogP contribution in [0.4, 0.5) is 17.1 Å². The van der Waals surface area contributed by atoms with Gasteiger partial charge >= 0.3 is 11.8 Å². The zero-order valence-corrected chi connectivity index (χ0v) is 14.6. The minimum absolute atomic E-state index is 0.0686. The number of phenols is 1. The van der Waals surface area contributed by atoms with E-state index in [0.29, 0.717) is 37.0 Å². The van der Waals surface area contributed by atoms with Crippen molar-refractivity contribution in [2.75, 3.05) is 41.8 Å². The van der Waals surface area contributed by atoms with Crippen LogP contribution < -0.4 is 15.5 Å². The zero-order chi connectivity index (χ0) is 18.5. The molecule has 26 heavy (non-hydrogen) atoms. The maximum Gasteiger partial charge on any atom is 0.314 e. The lowest BCUT2D eigenvalue weighted by molar-refractivity contribution is -0.133. The third-order valence-electron chi connectivity index (χ3n) is 3.92. The molecule has 1 fully saturated rings. The van der Waals surface area contributed by atoms with Gasteiger partial charge in [-0.2, -0.15) is 0 Å². The molecule has 0 atom stereocenters. The summed E-state index contributed by atoms with van der Waals surface area (Å²) in [5, 5.41) is 15.0. The molecule has 2 amide bonds. The van der Waals surface area contributed by atoms with E-state index in [1.54, 1.807) is 12.1 Å². The summed E-state index contributed by atoms with van der Waals surface area (Å²) < 4.78 is 5.34. The van der Waals surface area contributed by atoms with Gasteiger partial charge in [-0.15, -0.1) is 0 Å². The average Bonchev–Trinajstić information content (AvgIpc) is 2.66. The fourth-order valence-corrected chi connectivity index (χ4v) is 2.80. The maximum atomic E-state index is 12.3. The van der Waals surface area contributed by atoms with Crippen LogP contribution in [0.15, 0.2) is 42.5 Å². The number of morpholine rings is 1. The highest BCUT2D eigenvalue weighted by atomic mass is 35.5. The van der Waals surface area contributed by atoms with E-state index in [1.165, 1.54) is 18.2 Å². The van der Waals surface area contributed by atoms with Crippen molar-refractivity contribution >= 4 is 40.5 Å². The van der Waals surface area contributed by atoms with Crippen LogP contribution in [-0.2, 0) is 14.3 Å². The van der Waals surface area contributed by atoms with E-state index in [4.69, 9.17) is 16.3 Å². The molecule has 1 aliphatic heterocycles. The van der Waals surface area contributed by atoms with Crippen molar-refractivity contribution in [2.24, 2.45) is 0 Å². The standard InChI is InChI=1S/C18H18ClN3O4/c19-12-5-6-16(23)14(11-12)21-18(25)17(24)20-13-3-1-2-4-15(13)22-7-9-26-10-8-22/h1-6,11,23H,7-10H2,(H,20,24)(H,21,25). The number of nitrogens with zero attached hydrogens (tertiary/aromatic N) is 1. The molecule has 1 saturated heterocycles. The number of carbonyl (C=O) groups excluding carboxylic acids is 2. The first-order valence-electron chi connectivity index (χ1n) is 8.07. The molecule has 1 heterocycles. The van der Waals surface area contributed by atoms with E-state index < -0.39 is 11.8 Å². The van der Waals surface area contributed by atoms with Gasteiger partial charge in [-0.1, -0.05) is 23.7 Å². The number of rotatable bonds is 3. The highest BCUT2D eigenvalue weighted by molar-refractivity contribution is 6.44. The van der Waals surface area contributed by atoms with Crippen LogP contribution >= 0.6 is 11.6 Å². The van der Waals surface area contributed by atoms with Gasteiger partial charge < -0.3 is 25.4 Å². The Bertz CT molecular complexity index is 822. The van der Waals surface area contributed by atoms with Crippen molar-refractivity contribution in [1.82, 2.24) is 0 Å². The molecule has 3 N–H and O–H groups in total. The summed E-state index contributed by atoms with van der Waals surface area (Å²) in [6, 6.07) is 11.4. The van der Waals surface area contributed by atoms with E-state index in [2.05, 4.69) is 15.5 Å². The predicted octanol–water partition coefficient (Wildman–Crippen LogP) is 2.46. The predicted molar refractivity (Wildman–Crippen MR) is 99.9 cm³/mol. The van der Waals surface area contributed by atoms with E-state index in [1.807, 2.05) is 12.1 Å². The number of phenolic OH excluding ortho intramolecular Hbond substituents is 1. The van der Waals surface area contributed by atoms with Gasteiger partial charge in [-0.25, -0.2) is 0 Å². The van der Waals surface area contributed by atoms with Crippen molar-refractivity contribution in [2.45, 2.75) is 0 Å². The number of ether oxygens (including phenoxy) is 1. The molecular formula is C18H18ClN3O4. The van der Waals surface area contributed by atoms with E-state index >= 15 is 0 Å². The highest BCUT2D eigenvalue weighted by Gasteiger charge is 2.20. The van der Waals surface area contributed by atoms with Gasteiger partial charge in [0.05, 0.1) is 30.3 Å². The Balaban J connectivity index is 1.71. The van der Waals surface area contributed by atoms with Crippen LogP contribution in [0, 0.1) is 0 Å². The lowest BCUT2D eigenvalue weighted by atomic mass is 10.2. The number of para-hydroxylation sites is 2. The molecule has 2 aromatic rings. The Labute approximate surface area is 155 Å². The second-order valence-corrected chi connectivity index (χ2v) is 6.12. The number of hydrogen-bond donors (Lipinski definition) is 3. The number of aromatic hydroxyl groups is 1. The molecule has 8 heteroatoms. The second kappa shape index (κ2) is 8.07. The Morgan fingerprint density at radius 3 is 2.38 bits per heavy atom. The lowest BCUT2D eigenvalue weighted by Crippen LogP contribution is -2.37. The minimum atomic E-state index is -0.903. The largest absolute Gasteiger partial charge is 0.506 e. The number of anilines is 3. The van der Waals surface area contributed by atoms with Crippen LogP contribution in [0.3, 0.4) is 0 Å². The number of amides is 2. The molecule has 0 bridgehead atoms. The molecule has 0 radical (unpaired) electrons. The molecular weight excluding hydrogens is 358 g/mol. The van der Waals surface area contributed by atoms with Crippen LogP contribution in [0.1, 0.15) is 0 Å². The number of carbonyl (C=O) groups is 2. The van der Waals surface area contributed by atoms with Crippen LogP contribution in [0.5, 0.6) is 5.75 Å². The summed E-state index contributed by atoms with van der Waals surface area (Å²) in [6.45, 7) is 2.62. The van der Waals surface area contributed by atoms with Crippen molar-refractivity contribution in [3.8, 4) is 5.75 Å². The first-order chi connectivity index (χ1) is 12.5. The van der Waals surface area contributed by atoms with Gasteiger partial charge in [-0.05, 0) is 30.3 Å². The van der Waals surface area contributed by atoms with Crippen LogP contribution in [0.2, 0.25) is 5.02 Å². The van der Waals surface area contributed by atoms with Crippen molar-refractivity contribution in [3.63, 3.8) is 0 Å². The summed E-state index contributed by atoms with van der Waals surface area (Å²) in [5.74, 6) is -1.92. The van der Waals surface area contributed by atoms with E-state index in [-0.39, 0.29) is 11.4 Å². The van der Waals surface area contributed by atoms with E-state index in [9.17, 15) is 14.7 Å². The number of benzene rings is 2. The highest BCUT2D eigenvalue weighted by Crippen LogP contribution is 2.28. The Morgan fingerprint density at radius 1 is 1.00 bits per heavy atom. The molecule has 0 unspecified atom stereocenters. The maximum absolute atomic E-state index is 12.3. The van der Waals surface area contributed by atoms with Crippen molar-refractivity contribution in [3.05, 3.63) is 47.5 Å². The molecule has 1 aliphatic rings. The van der Waals surface area contributed by atoms with Gasteiger partial charge in [0.15, 0.2) is 0 Å².